The first-order valence-corrected chi connectivity index (χ1v) is 6.39. The van der Waals surface area contributed by atoms with Crippen LogP contribution in [-0.2, 0) is 37.2 Å². The van der Waals surface area contributed by atoms with Gasteiger partial charge in [-0.25, -0.2) is 9.59 Å². The van der Waals surface area contributed by atoms with Crippen LogP contribution in [0.5, 0.6) is 0 Å². The fourth-order valence-electron chi connectivity index (χ4n) is 1.68. The Balaban J connectivity index is 1.67. The lowest BCUT2D eigenvalue weighted by Crippen LogP contribution is -2.13. The molecular weight excluding hydrogens is 272 g/mol. The van der Waals surface area contributed by atoms with Crippen LogP contribution in [0.4, 0.5) is 0 Å². The lowest BCUT2D eigenvalue weighted by atomic mass is 10.2. The Hall–Kier alpha value is -2.66. The summed E-state index contributed by atoms with van der Waals surface area (Å²) in [7, 11) is 0. The van der Waals surface area contributed by atoms with Gasteiger partial charge in [0.2, 0.25) is 0 Å². The third kappa shape index (κ3) is 5.46. The predicted molar refractivity (Wildman–Crippen MR) is 73.6 cm³/mol. The van der Waals surface area contributed by atoms with Gasteiger partial charge in [-0.2, -0.15) is 0 Å². The highest BCUT2D eigenvalue weighted by Crippen LogP contribution is 2.03. The quantitative estimate of drug-likeness (QED) is 0.603. The number of hydrogen-bond acceptors (Lipinski definition) is 5. The highest BCUT2D eigenvalue weighted by atomic mass is 17.5. The van der Waals surface area contributed by atoms with E-state index in [-0.39, 0.29) is 12.8 Å². The molecule has 0 spiro atoms. The largest absolute Gasteiger partial charge is 0.351 e. The van der Waals surface area contributed by atoms with Crippen molar-refractivity contribution < 1.29 is 24.4 Å². The zero-order valence-electron chi connectivity index (χ0n) is 11.2. The molecule has 0 saturated carbocycles. The first kappa shape index (κ1) is 14.7. The predicted octanol–water partition coefficient (Wildman–Crippen LogP) is 2.40. The molecule has 0 bridgehead atoms. The first-order chi connectivity index (χ1) is 10.2. The van der Waals surface area contributed by atoms with Gasteiger partial charge in [-0.1, -0.05) is 60.7 Å². The van der Waals surface area contributed by atoms with Crippen molar-refractivity contribution in [2.24, 2.45) is 0 Å². The fourth-order valence-corrected chi connectivity index (χ4v) is 1.68. The van der Waals surface area contributed by atoms with E-state index in [2.05, 4.69) is 14.8 Å². The monoisotopic (exact) mass is 286 g/mol. The molecule has 5 heteroatoms. The SMILES string of the molecule is O=C(Cc1ccccc1)OOOC(=O)Cc1ccccc1. The Morgan fingerprint density at radius 2 is 1.05 bits per heavy atom. The average molecular weight is 286 g/mol. The molecule has 0 fully saturated rings. The zero-order valence-corrected chi connectivity index (χ0v) is 11.2. The van der Waals surface area contributed by atoms with Crippen LogP contribution in [0.15, 0.2) is 60.7 Å². The number of hydrogen-bond donors (Lipinski definition) is 0. The molecule has 0 radical (unpaired) electrons. The van der Waals surface area contributed by atoms with E-state index in [9.17, 15) is 9.59 Å². The highest BCUT2D eigenvalue weighted by molar-refractivity contribution is 5.73. The van der Waals surface area contributed by atoms with Crippen LogP contribution >= 0.6 is 0 Å². The van der Waals surface area contributed by atoms with Gasteiger partial charge in [0.15, 0.2) is 0 Å². The molecular formula is C16H14O5. The minimum atomic E-state index is -0.645. The lowest BCUT2D eigenvalue weighted by molar-refractivity contribution is -0.459. The van der Waals surface area contributed by atoms with Gasteiger partial charge in [0.05, 0.1) is 12.8 Å². The number of rotatable bonds is 6. The van der Waals surface area contributed by atoms with Gasteiger partial charge in [0.25, 0.3) is 0 Å². The molecule has 0 aliphatic carbocycles. The second-order valence-corrected chi connectivity index (χ2v) is 4.30. The number of carbonyl (C=O) groups excluding carboxylic acids is 2. The summed E-state index contributed by atoms with van der Waals surface area (Å²) in [6.07, 6.45) is 0.0775. The van der Waals surface area contributed by atoms with Crippen molar-refractivity contribution in [3.8, 4) is 0 Å². The van der Waals surface area contributed by atoms with Gasteiger partial charge in [0, 0.05) is 5.04 Å². The molecule has 2 aromatic carbocycles. The first-order valence-electron chi connectivity index (χ1n) is 6.39. The van der Waals surface area contributed by atoms with Crippen LogP contribution in [0, 0.1) is 0 Å². The molecule has 0 N–H and O–H groups in total. The topological polar surface area (TPSA) is 61.8 Å². The minimum absolute atomic E-state index is 0.0388. The molecule has 0 saturated heterocycles. The summed E-state index contributed by atoms with van der Waals surface area (Å²) in [5.74, 6) is -1.29. The van der Waals surface area contributed by atoms with Gasteiger partial charge >= 0.3 is 11.9 Å². The van der Waals surface area contributed by atoms with Gasteiger partial charge in [0.1, 0.15) is 0 Å². The molecule has 0 unspecified atom stereocenters. The van der Waals surface area contributed by atoms with E-state index in [1.54, 1.807) is 24.3 Å². The van der Waals surface area contributed by atoms with Crippen molar-refractivity contribution in [2.45, 2.75) is 12.8 Å². The Kier molecular flexibility index (Phi) is 5.49. The smallest absolute Gasteiger partial charge is 0.259 e. The van der Waals surface area contributed by atoms with E-state index in [1.807, 2.05) is 36.4 Å². The average Bonchev–Trinajstić information content (AvgIpc) is 2.49. The summed E-state index contributed by atoms with van der Waals surface area (Å²) in [6.45, 7) is 0. The molecule has 0 aliphatic rings. The third-order valence-electron chi connectivity index (χ3n) is 2.64. The zero-order chi connectivity index (χ0) is 14.9. The Morgan fingerprint density at radius 1 is 0.667 bits per heavy atom. The maximum Gasteiger partial charge on any atom is 0.351 e. The Morgan fingerprint density at radius 3 is 1.43 bits per heavy atom. The fraction of sp³-hybridized carbons (Fsp3) is 0.125. The summed E-state index contributed by atoms with van der Waals surface area (Å²) in [5.41, 5.74) is 1.56. The number of carbonyl (C=O) groups is 2. The van der Waals surface area contributed by atoms with E-state index in [0.717, 1.165) is 11.1 Å². The summed E-state index contributed by atoms with van der Waals surface area (Å²) in [4.78, 5) is 31.6. The van der Waals surface area contributed by atoms with E-state index in [4.69, 9.17) is 0 Å². The molecule has 0 atom stereocenters. The van der Waals surface area contributed by atoms with Crippen molar-refractivity contribution in [3.63, 3.8) is 0 Å². The Bertz CT molecular complexity index is 527. The minimum Gasteiger partial charge on any atom is -0.259 e. The van der Waals surface area contributed by atoms with Crippen molar-refractivity contribution >= 4 is 11.9 Å². The molecule has 0 amide bonds. The van der Waals surface area contributed by atoms with E-state index in [1.165, 1.54) is 0 Å². The Labute approximate surface area is 121 Å². The molecule has 0 aliphatic heterocycles. The van der Waals surface area contributed by atoms with Crippen molar-refractivity contribution in [2.75, 3.05) is 0 Å². The molecule has 5 nitrogen and oxygen atoms in total. The maximum absolute atomic E-state index is 11.4. The summed E-state index contributed by atoms with van der Waals surface area (Å²) < 4.78 is 0. The van der Waals surface area contributed by atoms with Gasteiger partial charge in [-0.05, 0) is 11.1 Å². The van der Waals surface area contributed by atoms with E-state index >= 15 is 0 Å². The molecule has 21 heavy (non-hydrogen) atoms. The standard InChI is InChI=1S/C16H14O5/c17-15(11-13-7-3-1-4-8-13)19-21-20-16(18)12-14-9-5-2-6-10-14/h1-10H,11-12H2. The summed E-state index contributed by atoms with van der Waals surface area (Å²) in [5, 5.41) is 4.20. The maximum atomic E-state index is 11.4. The lowest BCUT2D eigenvalue weighted by Gasteiger charge is -2.03. The normalized spacial score (nSPS) is 9.90. The molecule has 108 valence electrons. The van der Waals surface area contributed by atoms with Gasteiger partial charge in [-0.3, -0.25) is 9.78 Å². The van der Waals surface area contributed by atoms with Crippen LogP contribution in [0.25, 0.3) is 0 Å². The van der Waals surface area contributed by atoms with Crippen LogP contribution in [0.1, 0.15) is 11.1 Å². The highest BCUT2D eigenvalue weighted by Gasteiger charge is 2.10. The van der Waals surface area contributed by atoms with Gasteiger partial charge < -0.3 is 0 Å². The van der Waals surface area contributed by atoms with E-state index < -0.39 is 11.9 Å². The van der Waals surface area contributed by atoms with Crippen LogP contribution in [-0.4, -0.2) is 11.9 Å². The van der Waals surface area contributed by atoms with Crippen molar-refractivity contribution in [1.82, 2.24) is 0 Å². The van der Waals surface area contributed by atoms with Gasteiger partial charge in [-0.15, -0.1) is 0 Å². The molecule has 2 rings (SSSR count). The van der Waals surface area contributed by atoms with Crippen LogP contribution < -0.4 is 0 Å². The molecule has 0 heterocycles. The van der Waals surface area contributed by atoms with Crippen molar-refractivity contribution in [3.05, 3.63) is 71.8 Å². The van der Waals surface area contributed by atoms with Crippen LogP contribution in [0.3, 0.4) is 0 Å². The second-order valence-electron chi connectivity index (χ2n) is 4.30. The summed E-state index contributed by atoms with van der Waals surface area (Å²) in [6, 6.07) is 18.0. The van der Waals surface area contributed by atoms with E-state index in [0.29, 0.717) is 0 Å². The third-order valence-corrected chi connectivity index (χ3v) is 2.64. The second kappa shape index (κ2) is 7.81. The summed E-state index contributed by atoms with van der Waals surface area (Å²) >= 11 is 0. The number of benzene rings is 2. The van der Waals surface area contributed by atoms with Crippen molar-refractivity contribution in [1.29, 1.82) is 0 Å². The molecule has 2 aromatic rings. The molecule has 0 aromatic heterocycles. The van der Waals surface area contributed by atoms with Crippen LogP contribution in [0.2, 0.25) is 0 Å².